The molecule has 6 heteroatoms. The van der Waals surface area contributed by atoms with Gasteiger partial charge in [-0.05, 0) is 96.3 Å². The monoisotopic (exact) mass is 1110 g/mol. The van der Waals surface area contributed by atoms with Crippen molar-refractivity contribution in [2.45, 2.75) is 341 Å². The van der Waals surface area contributed by atoms with Crippen LogP contribution in [0.4, 0.5) is 0 Å². The Hall–Kier alpha value is -3.67. The van der Waals surface area contributed by atoms with E-state index in [-0.39, 0.29) is 31.1 Å². The summed E-state index contributed by atoms with van der Waals surface area (Å²) in [6, 6.07) is 0. The van der Waals surface area contributed by atoms with Crippen LogP contribution in [-0.4, -0.2) is 37.2 Å². The van der Waals surface area contributed by atoms with Crippen molar-refractivity contribution >= 4 is 17.9 Å². The van der Waals surface area contributed by atoms with Crippen LogP contribution < -0.4 is 0 Å². The standard InChI is InChI=1S/C74H128O6/c1-4-7-10-13-16-18-20-22-24-26-28-30-32-33-34-35-36-37-38-39-40-41-43-44-46-48-50-52-54-56-58-61-64-67-73(76)79-70-71(69-78-72(75)66-63-60-15-12-9-6-3)80-74(77)68-65-62-59-57-55-53-51-49-47-45-42-31-29-27-25-23-21-19-17-14-11-8-5-2/h7-8,10-11,16-19,22-25,28-31,71H,4-6,9,12-15,20-21,26-27,32-70H2,1-3H3/b10-7-,11-8-,18-16-,19-17-,24-22-,25-23-,30-28-,31-29-. The minimum atomic E-state index is -0.775. The summed E-state index contributed by atoms with van der Waals surface area (Å²) in [7, 11) is 0. The Morgan fingerprint density at radius 2 is 0.487 bits per heavy atom. The maximum Gasteiger partial charge on any atom is 0.306 e. The second kappa shape index (κ2) is 67.8. The van der Waals surface area contributed by atoms with Gasteiger partial charge in [-0.25, -0.2) is 0 Å². The zero-order chi connectivity index (χ0) is 57.8. The van der Waals surface area contributed by atoms with Crippen molar-refractivity contribution in [3.05, 3.63) is 97.2 Å². The number of ether oxygens (including phenoxy) is 3. The highest BCUT2D eigenvalue weighted by atomic mass is 16.6. The highest BCUT2D eigenvalue weighted by Crippen LogP contribution is 2.17. The first-order chi connectivity index (χ1) is 39.5. The molecule has 0 aromatic rings. The lowest BCUT2D eigenvalue weighted by Gasteiger charge is -2.18. The van der Waals surface area contributed by atoms with Gasteiger partial charge in [0.2, 0.25) is 0 Å². The van der Waals surface area contributed by atoms with Crippen molar-refractivity contribution in [2.24, 2.45) is 0 Å². The van der Waals surface area contributed by atoms with Crippen LogP contribution in [0.1, 0.15) is 335 Å². The normalized spacial score (nSPS) is 12.7. The van der Waals surface area contributed by atoms with Crippen molar-refractivity contribution in [3.8, 4) is 0 Å². The Bertz CT molecular complexity index is 1560. The molecule has 0 saturated heterocycles. The van der Waals surface area contributed by atoms with E-state index in [9.17, 15) is 14.4 Å². The molecular formula is C74H128O6. The average molecular weight is 1110 g/mol. The SMILES string of the molecule is CC/C=C\C/C=C\C/C=C\C/C=C\CCCCCCCCCCCCCCCCCCCCCCC(=O)OCC(COC(=O)CCCCCCCC)OC(=O)CCCCCCCCCCCC/C=C\C/C=C\C/C=C\C/C=C\CC. The molecule has 0 aliphatic rings. The number of carbonyl (C=O) groups is 3. The summed E-state index contributed by atoms with van der Waals surface area (Å²) >= 11 is 0. The Morgan fingerprint density at radius 3 is 0.762 bits per heavy atom. The molecule has 0 rings (SSSR count). The summed E-state index contributed by atoms with van der Waals surface area (Å²) in [5.74, 6) is -0.875. The van der Waals surface area contributed by atoms with E-state index in [0.29, 0.717) is 19.3 Å². The first kappa shape index (κ1) is 76.3. The van der Waals surface area contributed by atoms with Crippen molar-refractivity contribution in [1.29, 1.82) is 0 Å². The summed E-state index contributed by atoms with van der Waals surface area (Å²) in [5.41, 5.74) is 0. The van der Waals surface area contributed by atoms with Gasteiger partial charge in [-0.3, -0.25) is 14.4 Å². The summed E-state index contributed by atoms with van der Waals surface area (Å²) in [4.78, 5) is 38.1. The molecule has 460 valence electrons. The minimum Gasteiger partial charge on any atom is -0.462 e. The van der Waals surface area contributed by atoms with Crippen molar-refractivity contribution in [2.75, 3.05) is 13.2 Å². The number of rotatable bonds is 62. The molecule has 0 heterocycles. The second-order valence-electron chi connectivity index (χ2n) is 22.7. The summed E-state index contributed by atoms with van der Waals surface area (Å²) in [5, 5.41) is 0. The number of unbranched alkanes of at least 4 members (excludes halogenated alkanes) is 35. The average Bonchev–Trinajstić information content (AvgIpc) is 3.46. The molecule has 0 bridgehead atoms. The summed E-state index contributed by atoms with van der Waals surface area (Å²) < 4.78 is 16.8. The lowest BCUT2D eigenvalue weighted by molar-refractivity contribution is -0.167. The number of allylic oxidation sites excluding steroid dienone is 16. The fraction of sp³-hybridized carbons (Fsp3) is 0.743. The zero-order valence-electron chi connectivity index (χ0n) is 52.8. The van der Waals surface area contributed by atoms with E-state index < -0.39 is 6.10 Å². The van der Waals surface area contributed by atoms with Gasteiger partial charge < -0.3 is 14.2 Å². The molecule has 0 fully saturated rings. The van der Waals surface area contributed by atoms with Gasteiger partial charge in [0.1, 0.15) is 13.2 Å². The van der Waals surface area contributed by atoms with Gasteiger partial charge in [-0.1, -0.05) is 317 Å². The van der Waals surface area contributed by atoms with E-state index in [1.165, 1.54) is 186 Å². The Labute approximate surface area is 496 Å². The van der Waals surface area contributed by atoms with E-state index in [2.05, 4.69) is 118 Å². The minimum absolute atomic E-state index is 0.0748. The molecule has 0 amide bonds. The number of hydrogen-bond acceptors (Lipinski definition) is 6. The molecule has 0 aliphatic heterocycles. The van der Waals surface area contributed by atoms with Crippen LogP contribution in [0.5, 0.6) is 0 Å². The maximum atomic E-state index is 12.9. The molecule has 1 unspecified atom stereocenters. The highest BCUT2D eigenvalue weighted by molar-refractivity contribution is 5.71. The third kappa shape index (κ3) is 65.1. The first-order valence-electron chi connectivity index (χ1n) is 34.2. The molecule has 1 atom stereocenters. The lowest BCUT2D eigenvalue weighted by atomic mass is 10.0. The van der Waals surface area contributed by atoms with Crippen LogP contribution in [0.15, 0.2) is 97.2 Å². The van der Waals surface area contributed by atoms with Crippen molar-refractivity contribution in [3.63, 3.8) is 0 Å². The molecule has 0 spiro atoms. The van der Waals surface area contributed by atoms with E-state index in [1.807, 2.05) is 0 Å². The van der Waals surface area contributed by atoms with E-state index in [1.54, 1.807) is 0 Å². The predicted octanol–water partition coefficient (Wildman–Crippen LogP) is 23.6. The Morgan fingerprint density at radius 1 is 0.263 bits per heavy atom. The molecule has 0 aromatic carbocycles. The van der Waals surface area contributed by atoms with Gasteiger partial charge in [0.15, 0.2) is 6.10 Å². The number of esters is 3. The quantitative estimate of drug-likeness (QED) is 0.0261. The molecule has 80 heavy (non-hydrogen) atoms. The molecular weight excluding hydrogens is 985 g/mol. The molecule has 0 N–H and O–H groups in total. The molecule has 6 nitrogen and oxygen atoms in total. The van der Waals surface area contributed by atoms with Crippen LogP contribution >= 0.6 is 0 Å². The van der Waals surface area contributed by atoms with Gasteiger partial charge in [-0.15, -0.1) is 0 Å². The molecule has 0 saturated carbocycles. The van der Waals surface area contributed by atoms with Gasteiger partial charge in [0.25, 0.3) is 0 Å². The van der Waals surface area contributed by atoms with Crippen LogP contribution in [0, 0.1) is 0 Å². The second-order valence-corrected chi connectivity index (χ2v) is 22.7. The fourth-order valence-corrected chi connectivity index (χ4v) is 9.78. The molecule has 0 aromatic heterocycles. The van der Waals surface area contributed by atoms with E-state index in [0.717, 1.165) is 109 Å². The van der Waals surface area contributed by atoms with Gasteiger partial charge >= 0.3 is 17.9 Å². The fourth-order valence-electron chi connectivity index (χ4n) is 9.78. The van der Waals surface area contributed by atoms with Crippen LogP contribution in [-0.2, 0) is 28.6 Å². The third-order valence-electron chi connectivity index (χ3n) is 14.8. The first-order valence-corrected chi connectivity index (χ1v) is 34.2. The number of carbonyl (C=O) groups excluding carboxylic acids is 3. The van der Waals surface area contributed by atoms with Crippen molar-refractivity contribution in [1.82, 2.24) is 0 Å². The Kier molecular flexibility index (Phi) is 64.7. The van der Waals surface area contributed by atoms with Crippen LogP contribution in [0.25, 0.3) is 0 Å². The van der Waals surface area contributed by atoms with E-state index in [4.69, 9.17) is 14.2 Å². The van der Waals surface area contributed by atoms with Gasteiger partial charge in [-0.2, -0.15) is 0 Å². The van der Waals surface area contributed by atoms with Crippen molar-refractivity contribution < 1.29 is 28.6 Å². The molecule has 0 radical (unpaired) electrons. The Balaban J connectivity index is 3.99. The topological polar surface area (TPSA) is 78.9 Å². The largest absolute Gasteiger partial charge is 0.462 e. The summed E-state index contributed by atoms with van der Waals surface area (Å²) in [6.07, 6.45) is 91.9. The third-order valence-corrected chi connectivity index (χ3v) is 14.8. The zero-order valence-corrected chi connectivity index (χ0v) is 52.8. The summed E-state index contributed by atoms with van der Waals surface area (Å²) in [6.45, 7) is 6.39. The van der Waals surface area contributed by atoms with Crippen LogP contribution in [0.3, 0.4) is 0 Å². The maximum absolute atomic E-state index is 12.9. The van der Waals surface area contributed by atoms with Gasteiger partial charge in [0.05, 0.1) is 0 Å². The molecule has 0 aliphatic carbocycles. The van der Waals surface area contributed by atoms with Crippen LogP contribution in [0.2, 0.25) is 0 Å². The highest BCUT2D eigenvalue weighted by Gasteiger charge is 2.19. The number of hydrogen-bond donors (Lipinski definition) is 0. The smallest absolute Gasteiger partial charge is 0.306 e. The predicted molar refractivity (Wildman–Crippen MR) is 348 cm³/mol. The van der Waals surface area contributed by atoms with Gasteiger partial charge in [0, 0.05) is 19.3 Å². The van der Waals surface area contributed by atoms with E-state index >= 15 is 0 Å². The lowest BCUT2D eigenvalue weighted by Crippen LogP contribution is -2.30.